The first-order chi connectivity index (χ1) is 7.83. The maximum Gasteiger partial charge on any atom is 0.0394 e. The van der Waals surface area contributed by atoms with Crippen LogP contribution in [0, 0.1) is 11.8 Å². The minimum absolute atomic E-state index is 0.569. The van der Waals surface area contributed by atoms with Gasteiger partial charge in [0.1, 0.15) is 0 Å². The first-order valence-electron chi connectivity index (χ1n) is 5.15. The van der Waals surface area contributed by atoms with Crippen LogP contribution in [-0.4, -0.2) is 5.88 Å². The molecule has 0 fully saturated rings. The molecule has 1 nitrogen and oxygen atoms in total. The van der Waals surface area contributed by atoms with Gasteiger partial charge in [0.25, 0.3) is 0 Å². The van der Waals surface area contributed by atoms with Gasteiger partial charge in [-0.1, -0.05) is 36.1 Å². The van der Waals surface area contributed by atoms with Gasteiger partial charge in [-0.3, -0.25) is 0 Å². The Balaban J connectivity index is 2.55. The second-order valence-electron chi connectivity index (χ2n) is 3.49. The average Bonchev–Trinajstić information content (AvgIpc) is 2.31. The van der Waals surface area contributed by atoms with Crippen molar-refractivity contribution in [3.05, 3.63) is 42.0 Å². The Morgan fingerprint density at radius 3 is 2.62 bits per heavy atom. The Hall–Kier alpha value is -1.65. The molecule has 0 aromatic heterocycles. The van der Waals surface area contributed by atoms with Crippen molar-refractivity contribution in [2.24, 2.45) is 0 Å². The van der Waals surface area contributed by atoms with E-state index in [2.05, 4.69) is 11.8 Å². The molecule has 2 aromatic rings. The molecular formula is C14H12ClN. The molecule has 0 radical (unpaired) electrons. The number of benzene rings is 2. The van der Waals surface area contributed by atoms with Crippen molar-refractivity contribution < 1.29 is 0 Å². The molecule has 2 rings (SSSR count). The highest BCUT2D eigenvalue weighted by Gasteiger charge is 1.99. The van der Waals surface area contributed by atoms with Crippen LogP contribution in [0.3, 0.4) is 0 Å². The van der Waals surface area contributed by atoms with Crippen molar-refractivity contribution in [3.8, 4) is 11.8 Å². The smallest absolute Gasteiger partial charge is 0.0394 e. The first-order valence-corrected chi connectivity index (χ1v) is 5.68. The molecule has 80 valence electrons. The van der Waals surface area contributed by atoms with E-state index in [1.54, 1.807) is 0 Å². The van der Waals surface area contributed by atoms with Gasteiger partial charge >= 0.3 is 0 Å². The van der Waals surface area contributed by atoms with E-state index in [0.717, 1.165) is 22.0 Å². The number of halogens is 1. The van der Waals surface area contributed by atoms with Gasteiger partial charge in [-0.15, -0.1) is 11.6 Å². The van der Waals surface area contributed by atoms with E-state index in [4.69, 9.17) is 17.3 Å². The summed E-state index contributed by atoms with van der Waals surface area (Å²) in [6.45, 7) is 0. The Morgan fingerprint density at radius 1 is 1.06 bits per heavy atom. The number of hydrogen-bond acceptors (Lipinski definition) is 1. The normalized spacial score (nSPS) is 9.81. The van der Waals surface area contributed by atoms with Gasteiger partial charge in [0.15, 0.2) is 0 Å². The minimum Gasteiger partial charge on any atom is -0.398 e. The zero-order valence-corrected chi connectivity index (χ0v) is 9.59. The van der Waals surface area contributed by atoms with E-state index in [-0.39, 0.29) is 0 Å². The first kappa shape index (κ1) is 10.9. The quantitative estimate of drug-likeness (QED) is 0.453. The Kier molecular flexibility index (Phi) is 3.34. The van der Waals surface area contributed by atoms with Crippen LogP contribution in [0.25, 0.3) is 10.8 Å². The molecular weight excluding hydrogens is 218 g/mol. The lowest BCUT2D eigenvalue weighted by molar-refractivity contribution is 1.29. The van der Waals surface area contributed by atoms with Crippen molar-refractivity contribution in [2.45, 2.75) is 6.42 Å². The zero-order valence-electron chi connectivity index (χ0n) is 8.83. The third-order valence-electron chi connectivity index (χ3n) is 2.40. The molecule has 0 aliphatic heterocycles. The lowest BCUT2D eigenvalue weighted by atomic mass is 10.0. The molecule has 2 heteroatoms. The Morgan fingerprint density at radius 2 is 1.81 bits per heavy atom. The van der Waals surface area contributed by atoms with Crippen LogP contribution in [0.4, 0.5) is 5.69 Å². The van der Waals surface area contributed by atoms with Crippen LogP contribution in [0.5, 0.6) is 0 Å². The largest absolute Gasteiger partial charge is 0.398 e. The molecule has 0 aliphatic rings. The summed E-state index contributed by atoms with van der Waals surface area (Å²) in [4.78, 5) is 0. The standard InChI is InChI=1S/C14H12ClN/c15-10-2-1-5-11-6-3-8-13-12(11)7-4-9-14(13)16/h3-4,6-9H,2,10,16H2. The van der Waals surface area contributed by atoms with Crippen LogP contribution in [0.1, 0.15) is 12.0 Å². The highest BCUT2D eigenvalue weighted by Crippen LogP contribution is 2.23. The van der Waals surface area contributed by atoms with E-state index >= 15 is 0 Å². The minimum atomic E-state index is 0.569. The van der Waals surface area contributed by atoms with Gasteiger partial charge in [-0.05, 0) is 17.5 Å². The fourth-order valence-electron chi connectivity index (χ4n) is 1.65. The molecule has 0 atom stereocenters. The van der Waals surface area contributed by atoms with E-state index in [1.807, 2.05) is 36.4 Å². The lowest BCUT2D eigenvalue weighted by Gasteiger charge is -2.03. The molecule has 16 heavy (non-hydrogen) atoms. The van der Waals surface area contributed by atoms with E-state index < -0.39 is 0 Å². The summed E-state index contributed by atoms with van der Waals surface area (Å²) < 4.78 is 0. The number of nitrogens with two attached hydrogens (primary N) is 1. The number of alkyl halides is 1. The predicted molar refractivity (Wildman–Crippen MR) is 70.6 cm³/mol. The highest BCUT2D eigenvalue weighted by molar-refractivity contribution is 6.18. The van der Waals surface area contributed by atoms with Crippen molar-refractivity contribution in [3.63, 3.8) is 0 Å². The summed E-state index contributed by atoms with van der Waals surface area (Å²) in [5, 5.41) is 2.16. The Bertz CT molecular complexity index is 564. The fourth-order valence-corrected chi connectivity index (χ4v) is 1.74. The number of nitrogen functional groups attached to an aromatic ring is 1. The predicted octanol–water partition coefficient (Wildman–Crippen LogP) is 3.40. The summed E-state index contributed by atoms with van der Waals surface area (Å²) in [5.41, 5.74) is 7.71. The van der Waals surface area contributed by atoms with Gasteiger partial charge in [-0.25, -0.2) is 0 Å². The van der Waals surface area contributed by atoms with Crippen LogP contribution in [0.15, 0.2) is 36.4 Å². The zero-order chi connectivity index (χ0) is 11.4. The SMILES string of the molecule is Nc1cccc2c(C#CCCCl)cccc12. The molecule has 0 saturated heterocycles. The third-order valence-corrected chi connectivity index (χ3v) is 2.59. The lowest BCUT2D eigenvalue weighted by Crippen LogP contribution is -1.87. The molecule has 0 amide bonds. The van der Waals surface area contributed by atoms with Crippen LogP contribution in [-0.2, 0) is 0 Å². The summed E-state index contributed by atoms with van der Waals surface area (Å²) in [6, 6.07) is 11.9. The second-order valence-corrected chi connectivity index (χ2v) is 3.87. The van der Waals surface area contributed by atoms with Crippen LogP contribution >= 0.6 is 11.6 Å². The molecule has 0 bridgehead atoms. The average molecular weight is 230 g/mol. The summed E-state index contributed by atoms with van der Waals surface area (Å²) >= 11 is 5.59. The molecule has 2 N–H and O–H groups in total. The van der Waals surface area contributed by atoms with Crippen LogP contribution in [0.2, 0.25) is 0 Å². The number of anilines is 1. The summed E-state index contributed by atoms with van der Waals surface area (Å²) in [7, 11) is 0. The number of rotatable bonds is 1. The second kappa shape index (κ2) is 4.92. The Labute approximate surface area is 100 Å². The van der Waals surface area contributed by atoms with Crippen molar-refractivity contribution >= 4 is 28.1 Å². The van der Waals surface area contributed by atoms with E-state index in [1.165, 1.54) is 0 Å². The molecule has 0 saturated carbocycles. The van der Waals surface area contributed by atoms with Crippen molar-refractivity contribution in [1.82, 2.24) is 0 Å². The molecule has 0 aliphatic carbocycles. The van der Waals surface area contributed by atoms with Gasteiger partial charge in [0, 0.05) is 28.9 Å². The van der Waals surface area contributed by atoms with Gasteiger partial charge in [-0.2, -0.15) is 0 Å². The third kappa shape index (κ3) is 2.13. The topological polar surface area (TPSA) is 26.0 Å². The monoisotopic (exact) mass is 229 g/mol. The summed E-state index contributed by atoms with van der Waals surface area (Å²) in [6.07, 6.45) is 0.709. The highest BCUT2D eigenvalue weighted by atomic mass is 35.5. The molecule has 0 unspecified atom stereocenters. The molecule has 0 heterocycles. The summed E-state index contributed by atoms with van der Waals surface area (Å²) in [5.74, 6) is 6.74. The number of fused-ring (bicyclic) bond motifs is 1. The molecule has 2 aromatic carbocycles. The molecule has 0 spiro atoms. The van der Waals surface area contributed by atoms with Gasteiger partial charge < -0.3 is 5.73 Å². The fraction of sp³-hybridized carbons (Fsp3) is 0.143. The maximum absolute atomic E-state index is 5.91. The maximum atomic E-state index is 5.91. The van der Waals surface area contributed by atoms with Gasteiger partial charge in [0.2, 0.25) is 0 Å². The van der Waals surface area contributed by atoms with Gasteiger partial charge in [0.05, 0.1) is 0 Å². The van der Waals surface area contributed by atoms with E-state index in [9.17, 15) is 0 Å². The van der Waals surface area contributed by atoms with E-state index in [0.29, 0.717) is 12.3 Å². The number of hydrogen-bond donors (Lipinski definition) is 1. The van der Waals surface area contributed by atoms with Crippen molar-refractivity contribution in [1.29, 1.82) is 0 Å². The van der Waals surface area contributed by atoms with Crippen LogP contribution < -0.4 is 5.73 Å². The van der Waals surface area contributed by atoms with Crippen molar-refractivity contribution in [2.75, 3.05) is 11.6 Å².